The average molecular weight is 473 g/mol. The van der Waals surface area contributed by atoms with Gasteiger partial charge in [0, 0.05) is 36.9 Å². The normalized spacial score (nSPS) is 14.4. The molecule has 9 heteroatoms. The molecule has 0 saturated carbocycles. The molecule has 0 aliphatic carbocycles. The Kier molecular flexibility index (Phi) is 6.53. The van der Waals surface area contributed by atoms with Crippen molar-refractivity contribution in [3.05, 3.63) is 77.2 Å². The summed E-state index contributed by atoms with van der Waals surface area (Å²) in [5.74, 6) is -0.0203. The molecule has 1 saturated heterocycles. The van der Waals surface area contributed by atoms with Gasteiger partial charge in [0.05, 0.1) is 18.6 Å². The quantitative estimate of drug-likeness (QED) is 0.541. The lowest BCUT2D eigenvalue weighted by atomic mass is 10.1. The maximum absolute atomic E-state index is 13.4. The first-order chi connectivity index (χ1) is 15.3. The SMILES string of the molecule is Cn1cnc(S(=O)(=O)N(Cc2ccc(Cl)cc2)c2ccc(C(=O)N3CCCCC3)cc2)c1. The molecule has 32 heavy (non-hydrogen) atoms. The summed E-state index contributed by atoms with van der Waals surface area (Å²) in [5.41, 5.74) is 1.79. The summed E-state index contributed by atoms with van der Waals surface area (Å²) in [6, 6.07) is 13.8. The van der Waals surface area contributed by atoms with Crippen LogP contribution < -0.4 is 4.31 Å². The van der Waals surface area contributed by atoms with Crippen molar-refractivity contribution < 1.29 is 13.2 Å². The van der Waals surface area contributed by atoms with E-state index in [1.807, 2.05) is 4.90 Å². The molecule has 2 aromatic carbocycles. The number of carbonyl (C=O) groups is 1. The van der Waals surface area contributed by atoms with Crippen LogP contribution in [-0.4, -0.2) is 41.9 Å². The van der Waals surface area contributed by atoms with E-state index >= 15 is 0 Å². The maximum atomic E-state index is 13.4. The fourth-order valence-electron chi connectivity index (χ4n) is 3.76. The van der Waals surface area contributed by atoms with E-state index in [0.29, 0.717) is 16.3 Å². The van der Waals surface area contributed by atoms with E-state index in [1.165, 1.54) is 16.8 Å². The molecule has 1 amide bonds. The molecule has 0 atom stereocenters. The molecule has 1 aromatic heterocycles. The number of likely N-dealkylation sites (tertiary alicyclic amines) is 1. The molecular formula is C23H25ClN4O3S. The molecule has 0 spiro atoms. The Bertz CT molecular complexity index is 1180. The van der Waals surface area contributed by atoms with E-state index in [2.05, 4.69) is 4.98 Å². The van der Waals surface area contributed by atoms with Gasteiger partial charge < -0.3 is 9.47 Å². The van der Waals surface area contributed by atoms with Crippen LogP contribution in [-0.2, 0) is 23.6 Å². The highest BCUT2D eigenvalue weighted by Gasteiger charge is 2.28. The summed E-state index contributed by atoms with van der Waals surface area (Å²) in [4.78, 5) is 18.7. The van der Waals surface area contributed by atoms with Gasteiger partial charge in [0.15, 0.2) is 5.03 Å². The van der Waals surface area contributed by atoms with Gasteiger partial charge in [-0.15, -0.1) is 0 Å². The Morgan fingerprint density at radius 2 is 1.69 bits per heavy atom. The van der Waals surface area contributed by atoms with Gasteiger partial charge in [-0.2, -0.15) is 8.42 Å². The van der Waals surface area contributed by atoms with Crippen LogP contribution in [0.2, 0.25) is 5.02 Å². The highest BCUT2D eigenvalue weighted by atomic mass is 35.5. The van der Waals surface area contributed by atoms with Crippen LogP contribution in [0.1, 0.15) is 35.2 Å². The third kappa shape index (κ3) is 4.81. The van der Waals surface area contributed by atoms with Crippen LogP contribution in [0.25, 0.3) is 0 Å². The number of sulfonamides is 1. The molecule has 7 nitrogen and oxygen atoms in total. The number of anilines is 1. The number of amides is 1. The maximum Gasteiger partial charge on any atom is 0.283 e. The molecule has 0 radical (unpaired) electrons. The molecule has 1 aliphatic rings. The van der Waals surface area contributed by atoms with Gasteiger partial charge in [-0.1, -0.05) is 23.7 Å². The molecule has 168 valence electrons. The number of imidazole rings is 1. The Morgan fingerprint density at radius 1 is 1.03 bits per heavy atom. The van der Waals surface area contributed by atoms with Crippen molar-refractivity contribution >= 4 is 33.2 Å². The Balaban J connectivity index is 1.66. The molecule has 0 bridgehead atoms. The molecule has 1 aliphatic heterocycles. The number of halogens is 1. The minimum Gasteiger partial charge on any atom is -0.339 e. The third-order valence-electron chi connectivity index (χ3n) is 5.52. The van der Waals surface area contributed by atoms with Crippen LogP contribution >= 0.6 is 11.6 Å². The van der Waals surface area contributed by atoms with Gasteiger partial charge >= 0.3 is 0 Å². The zero-order valence-corrected chi connectivity index (χ0v) is 19.4. The molecule has 1 fully saturated rings. The molecule has 4 rings (SSSR count). The average Bonchev–Trinajstić information content (AvgIpc) is 3.26. The number of piperidine rings is 1. The zero-order valence-electron chi connectivity index (χ0n) is 17.8. The second-order valence-electron chi connectivity index (χ2n) is 7.92. The van der Waals surface area contributed by atoms with Crippen LogP contribution in [0.4, 0.5) is 5.69 Å². The van der Waals surface area contributed by atoms with E-state index in [-0.39, 0.29) is 17.5 Å². The minimum absolute atomic E-state index is 0.0203. The van der Waals surface area contributed by atoms with Gasteiger partial charge in [0.1, 0.15) is 0 Å². The number of rotatable bonds is 6. The Labute approximate surface area is 193 Å². The first-order valence-electron chi connectivity index (χ1n) is 10.5. The Morgan fingerprint density at radius 3 is 2.28 bits per heavy atom. The van der Waals surface area contributed by atoms with E-state index in [0.717, 1.165) is 37.9 Å². The molecule has 0 unspecified atom stereocenters. The number of carbonyl (C=O) groups excluding carboxylic acids is 1. The summed E-state index contributed by atoms with van der Waals surface area (Å²) in [6.45, 7) is 1.63. The van der Waals surface area contributed by atoms with Crippen molar-refractivity contribution in [2.24, 2.45) is 7.05 Å². The first kappa shape index (κ1) is 22.4. The number of nitrogens with zero attached hydrogens (tertiary/aromatic N) is 4. The molecule has 0 N–H and O–H groups in total. The van der Waals surface area contributed by atoms with Crippen molar-refractivity contribution in [2.45, 2.75) is 30.8 Å². The number of benzene rings is 2. The summed E-state index contributed by atoms with van der Waals surface area (Å²) in [6.07, 6.45) is 6.10. The first-order valence-corrected chi connectivity index (χ1v) is 12.3. The van der Waals surface area contributed by atoms with Gasteiger partial charge in [0.25, 0.3) is 15.9 Å². The second-order valence-corrected chi connectivity index (χ2v) is 10.2. The minimum atomic E-state index is -3.92. The summed E-state index contributed by atoms with van der Waals surface area (Å²) < 4.78 is 29.8. The third-order valence-corrected chi connectivity index (χ3v) is 7.43. The van der Waals surface area contributed by atoms with Crippen LogP contribution in [0.15, 0.2) is 66.1 Å². The largest absolute Gasteiger partial charge is 0.339 e. The number of aromatic nitrogens is 2. The Hall–Kier alpha value is -2.84. The lowest BCUT2D eigenvalue weighted by Gasteiger charge is -2.27. The number of hydrogen-bond acceptors (Lipinski definition) is 4. The lowest BCUT2D eigenvalue weighted by Crippen LogP contribution is -2.35. The van der Waals surface area contributed by atoms with Gasteiger partial charge in [-0.05, 0) is 61.2 Å². The smallest absolute Gasteiger partial charge is 0.283 e. The topological polar surface area (TPSA) is 75.5 Å². The standard InChI is InChI=1S/C23H25ClN4O3S/c1-26-16-22(25-17-26)32(30,31)28(15-18-5-9-20(24)10-6-18)21-11-7-19(8-12-21)23(29)27-13-3-2-4-14-27/h5-12,16-17H,2-4,13-15H2,1H3. The zero-order chi connectivity index (χ0) is 22.7. The molecule has 2 heterocycles. The van der Waals surface area contributed by atoms with Crippen molar-refractivity contribution in [2.75, 3.05) is 17.4 Å². The summed E-state index contributed by atoms with van der Waals surface area (Å²) in [5, 5.41) is 0.538. The highest BCUT2D eigenvalue weighted by Crippen LogP contribution is 2.26. The van der Waals surface area contributed by atoms with Crippen LogP contribution in [0.5, 0.6) is 0 Å². The van der Waals surface area contributed by atoms with Crippen molar-refractivity contribution in [3.8, 4) is 0 Å². The van der Waals surface area contributed by atoms with Crippen LogP contribution in [0, 0.1) is 0 Å². The predicted octanol–water partition coefficient (Wildman–Crippen LogP) is 4.10. The van der Waals surface area contributed by atoms with Crippen molar-refractivity contribution in [1.29, 1.82) is 0 Å². The highest BCUT2D eigenvalue weighted by molar-refractivity contribution is 7.92. The second kappa shape index (κ2) is 9.34. The molecule has 3 aromatic rings. The fraction of sp³-hybridized carbons (Fsp3) is 0.304. The van der Waals surface area contributed by atoms with Gasteiger partial charge in [-0.25, -0.2) is 4.98 Å². The summed E-state index contributed by atoms with van der Waals surface area (Å²) in [7, 11) is -2.20. The van der Waals surface area contributed by atoms with Crippen molar-refractivity contribution in [1.82, 2.24) is 14.5 Å². The van der Waals surface area contributed by atoms with Gasteiger partial charge in [-0.3, -0.25) is 9.10 Å². The van der Waals surface area contributed by atoms with E-state index in [9.17, 15) is 13.2 Å². The van der Waals surface area contributed by atoms with Crippen molar-refractivity contribution in [3.63, 3.8) is 0 Å². The fourth-order valence-corrected chi connectivity index (χ4v) is 5.31. The van der Waals surface area contributed by atoms with E-state index in [4.69, 9.17) is 11.6 Å². The van der Waals surface area contributed by atoms with E-state index < -0.39 is 10.0 Å². The number of hydrogen-bond donors (Lipinski definition) is 0. The molecular weight excluding hydrogens is 448 g/mol. The summed E-state index contributed by atoms with van der Waals surface area (Å²) >= 11 is 5.98. The number of aryl methyl sites for hydroxylation is 1. The van der Waals surface area contributed by atoms with Gasteiger partial charge in [0.2, 0.25) is 0 Å². The van der Waals surface area contributed by atoms with E-state index in [1.54, 1.807) is 60.1 Å². The van der Waals surface area contributed by atoms with Crippen LogP contribution in [0.3, 0.4) is 0 Å². The monoisotopic (exact) mass is 472 g/mol. The lowest BCUT2D eigenvalue weighted by molar-refractivity contribution is 0.0724. The predicted molar refractivity (Wildman–Crippen MR) is 124 cm³/mol.